The van der Waals surface area contributed by atoms with E-state index in [1.807, 2.05) is 93.6 Å². The first-order valence-electron chi connectivity index (χ1n) is 10.3. The van der Waals surface area contributed by atoms with Gasteiger partial charge in [0.1, 0.15) is 5.60 Å². The molecule has 0 fully saturated rings. The van der Waals surface area contributed by atoms with Gasteiger partial charge in [-0.25, -0.2) is 4.79 Å². The number of hydrogen-bond acceptors (Lipinski definition) is 3. The maximum Gasteiger partial charge on any atom is 0.331 e. The molecule has 0 saturated heterocycles. The molecule has 3 heteroatoms. The van der Waals surface area contributed by atoms with Gasteiger partial charge in [-0.3, -0.25) is 4.99 Å². The number of rotatable bonds is 6. The predicted octanol–water partition coefficient (Wildman–Crippen LogP) is 5.79. The number of hydrogen-bond donors (Lipinski definition) is 0. The van der Waals surface area contributed by atoms with Crippen molar-refractivity contribution in [2.75, 3.05) is 0 Å². The second-order valence-electron chi connectivity index (χ2n) is 8.45. The van der Waals surface area contributed by atoms with Crippen molar-refractivity contribution in [2.24, 2.45) is 4.99 Å². The number of aryl methyl sites for hydroxylation is 1. The van der Waals surface area contributed by atoms with E-state index in [0.29, 0.717) is 6.42 Å². The lowest BCUT2D eigenvalue weighted by atomic mass is 10.00. The van der Waals surface area contributed by atoms with E-state index < -0.39 is 11.6 Å². The normalized spacial score (nSPS) is 12.1. The molecule has 0 bridgehead atoms. The van der Waals surface area contributed by atoms with Gasteiger partial charge in [-0.1, -0.05) is 90.5 Å². The maximum atomic E-state index is 13.1. The fourth-order valence-corrected chi connectivity index (χ4v) is 3.16. The van der Waals surface area contributed by atoms with Crippen LogP contribution in [0.1, 0.15) is 43.0 Å². The molecule has 0 saturated carbocycles. The molecular formula is C27H29NO2. The van der Waals surface area contributed by atoms with E-state index in [0.717, 1.165) is 22.4 Å². The minimum Gasteiger partial charge on any atom is -0.458 e. The van der Waals surface area contributed by atoms with Crippen LogP contribution >= 0.6 is 0 Å². The van der Waals surface area contributed by atoms with E-state index >= 15 is 0 Å². The molecule has 3 aromatic carbocycles. The number of ether oxygens (including phenoxy) is 1. The smallest absolute Gasteiger partial charge is 0.331 e. The van der Waals surface area contributed by atoms with Gasteiger partial charge in [-0.05, 0) is 33.3 Å². The summed E-state index contributed by atoms with van der Waals surface area (Å²) in [6.07, 6.45) is 0.484. The molecule has 0 spiro atoms. The van der Waals surface area contributed by atoms with Gasteiger partial charge in [0.25, 0.3) is 0 Å². The molecule has 0 aromatic heterocycles. The van der Waals surface area contributed by atoms with Crippen LogP contribution in [0, 0.1) is 6.92 Å². The highest BCUT2D eigenvalue weighted by molar-refractivity contribution is 6.13. The van der Waals surface area contributed by atoms with Gasteiger partial charge in [0.2, 0.25) is 0 Å². The van der Waals surface area contributed by atoms with Crippen LogP contribution in [0.2, 0.25) is 0 Å². The van der Waals surface area contributed by atoms with E-state index in [1.54, 1.807) is 0 Å². The average Bonchev–Trinajstić information content (AvgIpc) is 2.72. The van der Waals surface area contributed by atoms with Gasteiger partial charge >= 0.3 is 5.97 Å². The molecule has 0 heterocycles. The Labute approximate surface area is 179 Å². The third-order valence-corrected chi connectivity index (χ3v) is 4.61. The quantitative estimate of drug-likeness (QED) is 0.389. The van der Waals surface area contributed by atoms with Crippen molar-refractivity contribution in [1.82, 2.24) is 0 Å². The average molecular weight is 400 g/mol. The van der Waals surface area contributed by atoms with Crippen molar-refractivity contribution in [3.8, 4) is 0 Å². The Kier molecular flexibility index (Phi) is 6.83. The Balaban J connectivity index is 2.05. The molecule has 1 unspecified atom stereocenters. The lowest BCUT2D eigenvalue weighted by molar-refractivity contribution is -0.156. The topological polar surface area (TPSA) is 38.7 Å². The first kappa shape index (κ1) is 21.5. The predicted molar refractivity (Wildman–Crippen MR) is 123 cm³/mol. The van der Waals surface area contributed by atoms with Crippen LogP contribution in [0.15, 0.2) is 89.9 Å². The lowest BCUT2D eigenvalue weighted by Gasteiger charge is -2.23. The largest absolute Gasteiger partial charge is 0.458 e. The van der Waals surface area contributed by atoms with Crippen LogP contribution in [-0.4, -0.2) is 23.3 Å². The molecular weight excluding hydrogens is 370 g/mol. The first-order chi connectivity index (χ1) is 14.3. The first-order valence-corrected chi connectivity index (χ1v) is 10.3. The van der Waals surface area contributed by atoms with Crippen LogP contribution < -0.4 is 0 Å². The SMILES string of the molecule is Cc1ccc(CC(N=C(c2ccccc2)c2ccccc2)C(=O)OC(C)(C)C)cc1. The maximum absolute atomic E-state index is 13.1. The van der Waals surface area contributed by atoms with Crippen molar-refractivity contribution < 1.29 is 9.53 Å². The van der Waals surface area contributed by atoms with Gasteiger partial charge in [-0.2, -0.15) is 0 Å². The summed E-state index contributed by atoms with van der Waals surface area (Å²) in [6, 6.07) is 27.5. The van der Waals surface area contributed by atoms with Crippen LogP contribution in [0.4, 0.5) is 0 Å². The van der Waals surface area contributed by atoms with Gasteiger partial charge < -0.3 is 4.74 Å². The zero-order valence-corrected chi connectivity index (χ0v) is 18.1. The number of aliphatic imine (C=N–C) groups is 1. The summed E-state index contributed by atoms with van der Waals surface area (Å²) < 4.78 is 5.72. The zero-order chi connectivity index (χ0) is 21.6. The molecule has 3 nitrogen and oxygen atoms in total. The molecule has 0 N–H and O–H groups in total. The van der Waals surface area contributed by atoms with Crippen molar-refractivity contribution in [2.45, 2.75) is 45.8 Å². The summed E-state index contributed by atoms with van der Waals surface area (Å²) in [5.41, 5.74) is 4.41. The summed E-state index contributed by atoms with van der Waals surface area (Å²) >= 11 is 0. The lowest BCUT2D eigenvalue weighted by Crippen LogP contribution is -2.33. The van der Waals surface area contributed by atoms with Crippen LogP contribution in [0.3, 0.4) is 0 Å². The summed E-state index contributed by atoms with van der Waals surface area (Å²) in [5, 5.41) is 0. The van der Waals surface area contributed by atoms with Crippen LogP contribution in [-0.2, 0) is 16.0 Å². The van der Waals surface area contributed by atoms with Crippen molar-refractivity contribution in [3.63, 3.8) is 0 Å². The van der Waals surface area contributed by atoms with Gasteiger partial charge in [0.15, 0.2) is 6.04 Å². The fourth-order valence-electron chi connectivity index (χ4n) is 3.16. The third kappa shape index (κ3) is 6.15. The summed E-state index contributed by atoms with van der Waals surface area (Å²) in [5.74, 6) is -0.313. The number of esters is 1. The molecule has 3 rings (SSSR count). The second-order valence-corrected chi connectivity index (χ2v) is 8.45. The van der Waals surface area contributed by atoms with Crippen LogP contribution in [0.5, 0.6) is 0 Å². The molecule has 0 aliphatic carbocycles. The fraction of sp³-hybridized carbons (Fsp3) is 0.259. The third-order valence-electron chi connectivity index (χ3n) is 4.61. The van der Waals surface area contributed by atoms with E-state index in [-0.39, 0.29) is 5.97 Å². The second kappa shape index (κ2) is 9.53. The Morgan fingerprint density at radius 2 is 1.33 bits per heavy atom. The molecule has 154 valence electrons. The standard InChI is InChI=1S/C27H29NO2/c1-20-15-17-21(18-16-20)19-24(26(29)30-27(2,3)4)28-25(22-11-7-5-8-12-22)23-13-9-6-10-14-23/h5-18,24H,19H2,1-4H3. The highest BCUT2D eigenvalue weighted by atomic mass is 16.6. The van der Waals surface area contributed by atoms with Crippen molar-refractivity contribution in [1.29, 1.82) is 0 Å². The number of carbonyl (C=O) groups is 1. The number of carbonyl (C=O) groups excluding carboxylic acids is 1. The number of benzene rings is 3. The van der Waals surface area contributed by atoms with Crippen LogP contribution in [0.25, 0.3) is 0 Å². The van der Waals surface area contributed by atoms with Gasteiger partial charge in [0, 0.05) is 17.5 Å². The van der Waals surface area contributed by atoms with E-state index in [1.165, 1.54) is 5.56 Å². The Hall–Kier alpha value is -3.20. The van der Waals surface area contributed by atoms with E-state index in [2.05, 4.69) is 19.1 Å². The highest BCUT2D eigenvalue weighted by Crippen LogP contribution is 2.18. The molecule has 0 amide bonds. The summed E-state index contributed by atoms with van der Waals surface area (Å²) in [7, 11) is 0. The number of nitrogens with zero attached hydrogens (tertiary/aromatic N) is 1. The van der Waals surface area contributed by atoms with Gasteiger partial charge in [0.05, 0.1) is 5.71 Å². The monoisotopic (exact) mass is 399 g/mol. The van der Waals surface area contributed by atoms with Crippen molar-refractivity contribution in [3.05, 3.63) is 107 Å². The Bertz CT molecular complexity index is 943. The molecule has 0 radical (unpaired) electrons. The van der Waals surface area contributed by atoms with E-state index in [9.17, 15) is 4.79 Å². The minimum atomic E-state index is -0.637. The van der Waals surface area contributed by atoms with Crippen molar-refractivity contribution >= 4 is 11.7 Å². The summed E-state index contributed by atoms with van der Waals surface area (Å²) in [6.45, 7) is 7.70. The molecule has 0 aliphatic heterocycles. The molecule has 30 heavy (non-hydrogen) atoms. The molecule has 1 atom stereocenters. The molecule has 0 aliphatic rings. The minimum absolute atomic E-state index is 0.313. The Morgan fingerprint density at radius 1 is 0.833 bits per heavy atom. The Morgan fingerprint density at radius 3 is 1.80 bits per heavy atom. The highest BCUT2D eigenvalue weighted by Gasteiger charge is 2.26. The summed E-state index contributed by atoms with van der Waals surface area (Å²) in [4.78, 5) is 18.1. The van der Waals surface area contributed by atoms with E-state index in [4.69, 9.17) is 9.73 Å². The zero-order valence-electron chi connectivity index (χ0n) is 18.1. The molecule has 3 aromatic rings. The van der Waals surface area contributed by atoms with Gasteiger partial charge in [-0.15, -0.1) is 0 Å².